The monoisotopic (exact) mass is 474 g/mol. The highest BCUT2D eigenvalue weighted by molar-refractivity contribution is 5.67. The standard InChI is InChI=1S/C25H22F4N2O3/c26-21-13-18-14-31(11-9-23(32)33)10-8-22(18)30-24(21)17-4-6-20(7-5-17)34-15-16-2-1-3-19(12-16)25(27,28)29/h1-7,12-13H,8-11,14-15H2,(H,32,33). The Bertz CT molecular complexity index is 1180. The molecule has 9 heteroatoms. The SMILES string of the molecule is O=C(O)CCN1CCc2nc(-c3ccc(OCc4cccc(C(F)(F)F)c4)cc3)c(F)cc2C1. The lowest BCUT2D eigenvalue weighted by atomic mass is 10.0. The smallest absolute Gasteiger partial charge is 0.416 e. The molecule has 1 N–H and O–H groups in total. The third-order valence-corrected chi connectivity index (χ3v) is 5.63. The summed E-state index contributed by atoms with van der Waals surface area (Å²) in [6.07, 6.45) is -3.79. The highest BCUT2D eigenvalue weighted by Gasteiger charge is 2.30. The Labute approximate surface area is 193 Å². The van der Waals surface area contributed by atoms with Crippen LogP contribution in [0.3, 0.4) is 0 Å². The minimum absolute atomic E-state index is 0.0332. The second kappa shape index (κ2) is 9.80. The number of carboxylic acid groups (broad SMARTS) is 1. The van der Waals surface area contributed by atoms with Crippen LogP contribution in [0, 0.1) is 5.82 Å². The van der Waals surface area contributed by atoms with Crippen molar-refractivity contribution in [2.75, 3.05) is 13.1 Å². The third kappa shape index (κ3) is 5.72. The van der Waals surface area contributed by atoms with Crippen LogP contribution in [0.1, 0.15) is 28.8 Å². The van der Waals surface area contributed by atoms with E-state index in [0.717, 1.165) is 23.4 Å². The van der Waals surface area contributed by atoms with Crippen molar-refractivity contribution in [1.82, 2.24) is 9.88 Å². The molecular formula is C25H22F4N2O3. The van der Waals surface area contributed by atoms with Crippen LogP contribution in [0.2, 0.25) is 0 Å². The average molecular weight is 474 g/mol. The molecule has 0 aliphatic carbocycles. The van der Waals surface area contributed by atoms with E-state index in [1.165, 1.54) is 12.1 Å². The van der Waals surface area contributed by atoms with Gasteiger partial charge in [0.05, 0.1) is 12.0 Å². The molecule has 0 bridgehead atoms. The number of aliphatic carboxylic acids is 1. The van der Waals surface area contributed by atoms with Crippen LogP contribution in [0.5, 0.6) is 5.75 Å². The molecule has 0 unspecified atom stereocenters. The van der Waals surface area contributed by atoms with Crippen LogP contribution in [-0.2, 0) is 30.5 Å². The number of alkyl halides is 3. The summed E-state index contributed by atoms with van der Waals surface area (Å²) in [5, 5.41) is 8.85. The van der Waals surface area contributed by atoms with Gasteiger partial charge in [-0.05, 0) is 53.6 Å². The Morgan fingerprint density at radius 2 is 1.88 bits per heavy atom. The van der Waals surface area contributed by atoms with Gasteiger partial charge in [-0.15, -0.1) is 0 Å². The number of benzene rings is 2. The lowest BCUT2D eigenvalue weighted by Crippen LogP contribution is -2.33. The first kappa shape index (κ1) is 23.7. The molecule has 0 spiro atoms. The van der Waals surface area contributed by atoms with Crippen LogP contribution in [0.15, 0.2) is 54.6 Å². The number of nitrogens with zero attached hydrogens (tertiary/aromatic N) is 2. The van der Waals surface area contributed by atoms with E-state index in [9.17, 15) is 22.4 Å². The number of ether oxygens (including phenoxy) is 1. The molecule has 178 valence electrons. The summed E-state index contributed by atoms with van der Waals surface area (Å²) in [6.45, 7) is 1.48. The van der Waals surface area contributed by atoms with Gasteiger partial charge in [-0.25, -0.2) is 9.37 Å². The molecule has 1 aliphatic rings. The fourth-order valence-electron chi connectivity index (χ4n) is 3.86. The van der Waals surface area contributed by atoms with Crippen molar-refractivity contribution >= 4 is 5.97 Å². The summed E-state index contributed by atoms with van der Waals surface area (Å²) in [5.41, 5.74) is 1.95. The van der Waals surface area contributed by atoms with Gasteiger partial charge >= 0.3 is 12.1 Å². The van der Waals surface area contributed by atoms with Gasteiger partial charge in [-0.1, -0.05) is 12.1 Å². The summed E-state index contributed by atoms with van der Waals surface area (Å²) < 4.78 is 59.0. The van der Waals surface area contributed by atoms with Crippen molar-refractivity contribution < 1.29 is 32.2 Å². The van der Waals surface area contributed by atoms with Crippen molar-refractivity contribution in [3.63, 3.8) is 0 Å². The number of fused-ring (bicyclic) bond motifs is 1. The summed E-state index contributed by atoms with van der Waals surface area (Å²) in [4.78, 5) is 17.3. The number of pyridine rings is 1. The first-order chi connectivity index (χ1) is 16.2. The van der Waals surface area contributed by atoms with Crippen molar-refractivity contribution in [1.29, 1.82) is 0 Å². The van der Waals surface area contributed by atoms with Crippen LogP contribution in [-0.4, -0.2) is 34.0 Å². The molecule has 0 atom stereocenters. The minimum Gasteiger partial charge on any atom is -0.489 e. The number of aromatic nitrogens is 1. The van der Waals surface area contributed by atoms with Crippen LogP contribution in [0.25, 0.3) is 11.3 Å². The highest BCUT2D eigenvalue weighted by atomic mass is 19.4. The van der Waals surface area contributed by atoms with E-state index in [-0.39, 0.29) is 18.7 Å². The molecule has 1 aliphatic heterocycles. The Balaban J connectivity index is 1.43. The lowest BCUT2D eigenvalue weighted by molar-refractivity contribution is -0.138. The molecule has 4 rings (SSSR count). The van der Waals surface area contributed by atoms with E-state index in [4.69, 9.17) is 9.84 Å². The predicted molar refractivity (Wildman–Crippen MR) is 117 cm³/mol. The van der Waals surface area contributed by atoms with Crippen molar-refractivity contribution in [3.8, 4) is 17.0 Å². The first-order valence-corrected chi connectivity index (χ1v) is 10.7. The molecule has 3 aromatic rings. The molecule has 1 aromatic heterocycles. The van der Waals surface area contributed by atoms with Crippen LogP contribution >= 0.6 is 0 Å². The van der Waals surface area contributed by atoms with Gasteiger partial charge in [0.15, 0.2) is 0 Å². The largest absolute Gasteiger partial charge is 0.489 e. The van der Waals surface area contributed by atoms with Gasteiger partial charge in [-0.2, -0.15) is 13.2 Å². The molecule has 2 aromatic carbocycles. The summed E-state index contributed by atoms with van der Waals surface area (Å²) in [6, 6.07) is 12.9. The van der Waals surface area contributed by atoms with Crippen molar-refractivity contribution in [2.24, 2.45) is 0 Å². The van der Waals surface area contributed by atoms with Crippen LogP contribution < -0.4 is 4.74 Å². The lowest BCUT2D eigenvalue weighted by Gasteiger charge is -2.28. The Hall–Kier alpha value is -3.46. The second-order valence-corrected chi connectivity index (χ2v) is 8.11. The molecular weight excluding hydrogens is 452 g/mol. The fourth-order valence-corrected chi connectivity index (χ4v) is 3.86. The fraction of sp³-hybridized carbons (Fsp3) is 0.280. The Morgan fingerprint density at radius 1 is 1.12 bits per heavy atom. The van der Waals surface area contributed by atoms with Gasteiger partial charge in [-0.3, -0.25) is 9.69 Å². The van der Waals surface area contributed by atoms with E-state index in [0.29, 0.717) is 42.9 Å². The van der Waals surface area contributed by atoms with Crippen molar-refractivity contribution in [3.05, 3.63) is 82.8 Å². The van der Waals surface area contributed by atoms with E-state index < -0.39 is 23.5 Å². The molecule has 2 heterocycles. The number of hydrogen-bond acceptors (Lipinski definition) is 4. The number of carbonyl (C=O) groups is 1. The second-order valence-electron chi connectivity index (χ2n) is 8.11. The van der Waals surface area contributed by atoms with Gasteiger partial charge in [0.2, 0.25) is 0 Å². The molecule has 0 saturated heterocycles. The first-order valence-electron chi connectivity index (χ1n) is 10.7. The van der Waals surface area contributed by atoms with Gasteiger partial charge < -0.3 is 9.84 Å². The molecule has 0 radical (unpaired) electrons. The zero-order valence-electron chi connectivity index (χ0n) is 18.1. The number of hydrogen-bond donors (Lipinski definition) is 1. The minimum atomic E-state index is -4.42. The predicted octanol–water partition coefficient (Wildman–Crippen LogP) is 5.32. The van der Waals surface area contributed by atoms with Crippen LogP contribution in [0.4, 0.5) is 17.6 Å². The zero-order valence-corrected chi connectivity index (χ0v) is 18.1. The highest BCUT2D eigenvalue weighted by Crippen LogP contribution is 2.30. The number of carboxylic acids is 1. The van der Waals surface area contributed by atoms with E-state index in [1.807, 2.05) is 4.90 Å². The van der Waals surface area contributed by atoms with E-state index in [1.54, 1.807) is 30.3 Å². The molecule has 0 saturated carbocycles. The Kier molecular flexibility index (Phi) is 6.83. The van der Waals surface area contributed by atoms with E-state index in [2.05, 4.69) is 4.98 Å². The molecule has 34 heavy (non-hydrogen) atoms. The van der Waals surface area contributed by atoms with Gasteiger partial charge in [0, 0.05) is 37.3 Å². The van der Waals surface area contributed by atoms with Crippen molar-refractivity contribution in [2.45, 2.75) is 32.2 Å². The maximum absolute atomic E-state index is 14.8. The van der Waals surface area contributed by atoms with E-state index >= 15 is 0 Å². The number of rotatable bonds is 7. The average Bonchev–Trinajstić information content (AvgIpc) is 2.81. The topological polar surface area (TPSA) is 62.7 Å². The normalized spacial score (nSPS) is 14.0. The molecule has 0 fully saturated rings. The summed E-state index contributed by atoms with van der Waals surface area (Å²) in [5.74, 6) is -0.905. The maximum Gasteiger partial charge on any atom is 0.416 e. The zero-order chi connectivity index (χ0) is 24.3. The number of halogens is 4. The maximum atomic E-state index is 14.8. The van der Waals surface area contributed by atoms with Gasteiger partial charge in [0.25, 0.3) is 0 Å². The summed E-state index contributed by atoms with van der Waals surface area (Å²) >= 11 is 0. The van der Waals surface area contributed by atoms with Gasteiger partial charge in [0.1, 0.15) is 23.9 Å². The molecule has 0 amide bonds. The summed E-state index contributed by atoms with van der Waals surface area (Å²) in [7, 11) is 0. The third-order valence-electron chi connectivity index (χ3n) is 5.63. The molecule has 5 nitrogen and oxygen atoms in total. The Morgan fingerprint density at radius 3 is 2.59 bits per heavy atom. The quantitative estimate of drug-likeness (QED) is 0.470.